The minimum absolute atomic E-state index is 0.0125. The summed E-state index contributed by atoms with van der Waals surface area (Å²) in [6.07, 6.45) is 1.73. The number of aliphatic hydroxyl groups excluding tert-OH is 1. The van der Waals surface area contributed by atoms with Crippen LogP contribution in [0.2, 0.25) is 0 Å². The summed E-state index contributed by atoms with van der Waals surface area (Å²) in [5.74, 6) is 0. The topological polar surface area (TPSA) is 46.2 Å². The molecule has 2 heteroatoms. The van der Waals surface area contributed by atoms with Gasteiger partial charge >= 0.3 is 0 Å². The Bertz CT molecular complexity index is 279. The summed E-state index contributed by atoms with van der Waals surface area (Å²) in [6.45, 7) is 0.586. The van der Waals surface area contributed by atoms with Crippen LogP contribution in [0.25, 0.3) is 0 Å². The summed E-state index contributed by atoms with van der Waals surface area (Å²) in [4.78, 5) is 0. The molecule has 1 saturated carbocycles. The van der Waals surface area contributed by atoms with Crippen molar-refractivity contribution < 1.29 is 5.11 Å². The number of aliphatic hydroxyl groups is 1. The molecular weight excluding hydrogens is 162 g/mol. The molecule has 1 atom stereocenters. The van der Waals surface area contributed by atoms with Gasteiger partial charge in [0.05, 0.1) is 6.10 Å². The summed E-state index contributed by atoms with van der Waals surface area (Å²) >= 11 is 0. The molecule has 0 aliphatic heterocycles. The third-order valence-electron chi connectivity index (χ3n) is 2.99. The number of nitrogens with two attached hydrogens (primary N) is 1. The minimum Gasteiger partial charge on any atom is -0.388 e. The molecule has 2 nitrogen and oxygen atoms in total. The molecule has 1 fully saturated rings. The third-order valence-corrected chi connectivity index (χ3v) is 2.99. The van der Waals surface area contributed by atoms with Gasteiger partial charge in [0.1, 0.15) is 0 Å². The van der Waals surface area contributed by atoms with Crippen LogP contribution in [0.1, 0.15) is 24.5 Å². The van der Waals surface area contributed by atoms with Crippen molar-refractivity contribution in [3.05, 3.63) is 35.9 Å². The lowest BCUT2D eigenvalue weighted by Crippen LogP contribution is -2.23. The fourth-order valence-electron chi connectivity index (χ4n) is 1.74. The molecular formula is C11H15NO. The zero-order valence-corrected chi connectivity index (χ0v) is 7.61. The van der Waals surface area contributed by atoms with Crippen LogP contribution in [0.5, 0.6) is 0 Å². The highest BCUT2D eigenvalue weighted by molar-refractivity contribution is 5.22. The summed E-state index contributed by atoms with van der Waals surface area (Å²) < 4.78 is 0. The van der Waals surface area contributed by atoms with Gasteiger partial charge in [0, 0.05) is 12.0 Å². The van der Waals surface area contributed by atoms with E-state index < -0.39 is 0 Å². The van der Waals surface area contributed by atoms with Gasteiger partial charge in [0.2, 0.25) is 0 Å². The standard InChI is InChI=1S/C11H15NO/c12-8-11(6-7-11)10(13)9-4-2-1-3-5-9/h1-5,10,13H,6-8,12H2/t10-/m0/s1. The molecule has 0 spiro atoms. The van der Waals surface area contributed by atoms with Gasteiger partial charge in [-0.05, 0) is 18.4 Å². The molecule has 1 aromatic rings. The van der Waals surface area contributed by atoms with Gasteiger partial charge in [0.25, 0.3) is 0 Å². The van der Waals surface area contributed by atoms with Crippen LogP contribution in [0.15, 0.2) is 30.3 Å². The predicted octanol–water partition coefficient (Wildman–Crippen LogP) is 1.46. The Hall–Kier alpha value is -0.860. The Kier molecular flexibility index (Phi) is 2.10. The van der Waals surface area contributed by atoms with E-state index in [4.69, 9.17) is 5.73 Å². The molecule has 0 bridgehead atoms. The quantitative estimate of drug-likeness (QED) is 0.734. The monoisotopic (exact) mass is 177 g/mol. The molecule has 0 unspecified atom stereocenters. The second-order valence-electron chi connectivity index (χ2n) is 3.88. The van der Waals surface area contributed by atoms with E-state index >= 15 is 0 Å². The summed E-state index contributed by atoms with van der Waals surface area (Å²) in [7, 11) is 0. The summed E-state index contributed by atoms with van der Waals surface area (Å²) in [5.41, 5.74) is 6.63. The lowest BCUT2D eigenvalue weighted by molar-refractivity contribution is 0.0975. The second kappa shape index (κ2) is 3.13. The molecule has 0 saturated heterocycles. The van der Waals surface area contributed by atoms with Gasteiger partial charge in [-0.15, -0.1) is 0 Å². The number of hydrogen-bond acceptors (Lipinski definition) is 2. The van der Waals surface area contributed by atoms with Gasteiger partial charge in [-0.25, -0.2) is 0 Å². The van der Waals surface area contributed by atoms with Gasteiger partial charge in [-0.2, -0.15) is 0 Å². The maximum Gasteiger partial charge on any atom is 0.0858 e. The minimum atomic E-state index is -0.376. The first-order chi connectivity index (χ1) is 6.28. The van der Waals surface area contributed by atoms with E-state index in [1.165, 1.54) is 0 Å². The van der Waals surface area contributed by atoms with Crippen molar-refractivity contribution >= 4 is 0 Å². The van der Waals surface area contributed by atoms with Crippen LogP contribution in [0.4, 0.5) is 0 Å². The first-order valence-electron chi connectivity index (χ1n) is 4.72. The molecule has 0 amide bonds. The largest absolute Gasteiger partial charge is 0.388 e. The molecule has 13 heavy (non-hydrogen) atoms. The second-order valence-corrected chi connectivity index (χ2v) is 3.88. The highest BCUT2D eigenvalue weighted by Crippen LogP contribution is 2.53. The highest BCUT2D eigenvalue weighted by atomic mass is 16.3. The summed E-state index contributed by atoms with van der Waals surface area (Å²) in [6, 6.07) is 9.77. The fourth-order valence-corrected chi connectivity index (χ4v) is 1.74. The van der Waals surface area contributed by atoms with E-state index in [-0.39, 0.29) is 11.5 Å². The van der Waals surface area contributed by atoms with Crippen molar-refractivity contribution in [2.24, 2.45) is 11.1 Å². The average Bonchev–Trinajstić information content (AvgIpc) is 2.99. The molecule has 0 heterocycles. The van der Waals surface area contributed by atoms with Gasteiger partial charge in [-0.1, -0.05) is 30.3 Å². The third kappa shape index (κ3) is 1.47. The molecule has 1 aromatic carbocycles. The molecule has 1 aliphatic rings. The lowest BCUT2D eigenvalue weighted by atomic mass is 9.93. The van der Waals surface area contributed by atoms with E-state index in [1.807, 2.05) is 30.3 Å². The molecule has 70 valence electrons. The van der Waals surface area contributed by atoms with Crippen molar-refractivity contribution in [3.63, 3.8) is 0 Å². The molecule has 3 N–H and O–H groups in total. The number of hydrogen-bond donors (Lipinski definition) is 2. The first kappa shape index (κ1) is 8.73. The maximum atomic E-state index is 10.0. The van der Waals surface area contributed by atoms with E-state index in [0.29, 0.717) is 6.54 Å². The van der Waals surface area contributed by atoms with Crippen LogP contribution >= 0.6 is 0 Å². The average molecular weight is 177 g/mol. The Labute approximate surface area is 78.4 Å². The number of benzene rings is 1. The van der Waals surface area contributed by atoms with E-state index in [9.17, 15) is 5.11 Å². The van der Waals surface area contributed by atoms with Gasteiger partial charge < -0.3 is 10.8 Å². The lowest BCUT2D eigenvalue weighted by Gasteiger charge is -2.20. The van der Waals surface area contributed by atoms with Crippen LogP contribution in [-0.2, 0) is 0 Å². The number of rotatable bonds is 3. The van der Waals surface area contributed by atoms with Gasteiger partial charge in [-0.3, -0.25) is 0 Å². The van der Waals surface area contributed by atoms with Crippen LogP contribution in [-0.4, -0.2) is 11.7 Å². The highest BCUT2D eigenvalue weighted by Gasteiger charge is 2.48. The predicted molar refractivity (Wildman–Crippen MR) is 52.1 cm³/mol. The van der Waals surface area contributed by atoms with Crippen LogP contribution in [0, 0.1) is 5.41 Å². The van der Waals surface area contributed by atoms with Crippen LogP contribution in [0.3, 0.4) is 0 Å². The first-order valence-corrected chi connectivity index (χ1v) is 4.72. The summed E-state index contributed by atoms with van der Waals surface area (Å²) in [5, 5.41) is 10.0. The molecule has 0 radical (unpaired) electrons. The van der Waals surface area contributed by atoms with Crippen molar-refractivity contribution in [2.75, 3.05) is 6.54 Å². The smallest absolute Gasteiger partial charge is 0.0858 e. The zero-order chi connectivity index (χ0) is 9.31. The van der Waals surface area contributed by atoms with Crippen LogP contribution < -0.4 is 5.73 Å². The Morgan fingerprint density at radius 3 is 2.38 bits per heavy atom. The molecule has 2 rings (SSSR count). The molecule has 1 aliphatic carbocycles. The van der Waals surface area contributed by atoms with E-state index in [0.717, 1.165) is 18.4 Å². The molecule has 0 aromatic heterocycles. The van der Waals surface area contributed by atoms with Crippen molar-refractivity contribution in [3.8, 4) is 0 Å². The van der Waals surface area contributed by atoms with E-state index in [1.54, 1.807) is 0 Å². The van der Waals surface area contributed by atoms with Crippen molar-refractivity contribution in [1.82, 2.24) is 0 Å². The van der Waals surface area contributed by atoms with Crippen molar-refractivity contribution in [2.45, 2.75) is 18.9 Å². The Morgan fingerprint density at radius 1 is 1.31 bits per heavy atom. The normalized spacial score (nSPS) is 21.1. The van der Waals surface area contributed by atoms with E-state index in [2.05, 4.69) is 0 Å². The SMILES string of the molecule is NCC1([C@@H](O)c2ccccc2)CC1. The Balaban J connectivity index is 2.18. The Morgan fingerprint density at radius 2 is 1.92 bits per heavy atom. The van der Waals surface area contributed by atoms with Gasteiger partial charge in [0.15, 0.2) is 0 Å². The zero-order valence-electron chi connectivity index (χ0n) is 7.61. The van der Waals surface area contributed by atoms with Crippen molar-refractivity contribution in [1.29, 1.82) is 0 Å². The maximum absolute atomic E-state index is 10.0. The fraction of sp³-hybridized carbons (Fsp3) is 0.455.